The quantitative estimate of drug-likeness (QED) is 0.449. The fraction of sp³-hybridized carbons (Fsp3) is 0.0500. The number of amides is 1. The first-order valence-corrected chi connectivity index (χ1v) is 8.24. The Hall–Kier alpha value is -3.87. The van der Waals surface area contributed by atoms with Crippen molar-refractivity contribution in [2.45, 2.75) is 6.92 Å². The van der Waals surface area contributed by atoms with Crippen LogP contribution in [0.4, 0.5) is 5.69 Å². The normalized spacial score (nSPS) is 10.9. The molecule has 2 heterocycles. The van der Waals surface area contributed by atoms with E-state index in [0.717, 1.165) is 0 Å². The highest BCUT2D eigenvalue weighted by atomic mass is 16.5. The molecule has 2 aromatic heterocycles. The van der Waals surface area contributed by atoms with Crippen LogP contribution >= 0.6 is 0 Å². The van der Waals surface area contributed by atoms with E-state index < -0.39 is 5.91 Å². The highest BCUT2D eigenvalue weighted by molar-refractivity contribution is 6.02. The molecule has 0 unspecified atom stereocenters. The number of anilines is 1. The standard InChI is InChI=1S/C20H15N3O4/c1-13-19(20(25)21-14-5-3-2-4-6-14)23(26)12-22(13)15-7-8-18-16(11-15)17(24)9-10-27-18/h2-12H,1H3,(H,21,25). The molecule has 0 saturated carbocycles. The first-order chi connectivity index (χ1) is 13.0. The zero-order valence-corrected chi connectivity index (χ0v) is 14.4. The van der Waals surface area contributed by atoms with Crippen LogP contribution in [0.25, 0.3) is 16.7 Å². The first kappa shape index (κ1) is 16.6. The molecule has 0 atom stereocenters. The summed E-state index contributed by atoms with van der Waals surface area (Å²) in [6, 6.07) is 15.2. The molecule has 134 valence electrons. The third kappa shape index (κ3) is 2.95. The molecule has 27 heavy (non-hydrogen) atoms. The van der Waals surface area contributed by atoms with E-state index in [9.17, 15) is 14.8 Å². The van der Waals surface area contributed by atoms with Crippen LogP contribution in [-0.2, 0) is 0 Å². The number of hydrogen-bond donors (Lipinski definition) is 1. The van der Waals surface area contributed by atoms with Crippen LogP contribution in [0.5, 0.6) is 0 Å². The summed E-state index contributed by atoms with van der Waals surface area (Å²) in [5, 5.41) is 15.5. The van der Waals surface area contributed by atoms with Gasteiger partial charge in [-0.3, -0.25) is 9.59 Å². The lowest BCUT2D eigenvalue weighted by atomic mass is 10.2. The van der Waals surface area contributed by atoms with Crippen molar-refractivity contribution in [2.24, 2.45) is 0 Å². The second-order valence-electron chi connectivity index (χ2n) is 6.03. The molecular weight excluding hydrogens is 346 g/mol. The van der Waals surface area contributed by atoms with E-state index in [0.29, 0.717) is 32.8 Å². The maximum Gasteiger partial charge on any atom is 0.300 e. The maximum absolute atomic E-state index is 12.6. The summed E-state index contributed by atoms with van der Waals surface area (Å²) in [6.45, 7) is 1.67. The predicted octanol–water partition coefficient (Wildman–Crippen LogP) is 2.78. The zero-order chi connectivity index (χ0) is 19.0. The van der Waals surface area contributed by atoms with E-state index in [1.807, 2.05) is 6.07 Å². The fourth-order valence-electron chi connectivity index (χ4n) is 2.98. The lowest BCUT2D eigenvalue weighted by molar-refractivity contribution is -0.606. The predicted molar refractivity (Wildman–Crippen MR) is 99.9 cm³/mol. The summed E-state index contributed by atoms with van der Waals surface area (Å²) in [5.41, 5.74) is 1.89. The van der Waals surface area contributed by atoms with Gasteiger partial charge in [0, 0.05) is 24.7 Å². The SMILES string of the molecule is Cc1c(C(=O)Nc2ccccc2)[n+]([O-])cn1-c1ccc2occc(=O)c2c1. The van der Waals surface area contributed by atoms with Crippen molar-refractivity contribution in [3.8, 4) is 5.69 Å². The lowest BCUT2D eigenvalue weighted by Crippen LogP contribution is -2.34. The number of para-hydroxylation sites is 1. The highest BCUT2D eigenvalue weighted by Gasteiger charge is 2.24. The van der Waals surface area contributed by atoms with Crippen LogP contribution in [-0.4, -0.2) is 10.5 Å². The number of hydrogen-bond acceptors (Lipinski definition) is 4. The van der Waals surface area contributed by atoms with Gasteiger partial charge in [-0.1, -0.05) is 18.2 Å². The van der Waals surface area contributed by atoms with E-state index in [4.69, 9.17) is 4.42 Å². The second kappa shape index (κ2) is 6.45. The van der Waals surface area contributed by atoms with Gasteiger partial charge >= 0.3 is 0 Å². The van der Waals surface area contributed by atoms with Gasteiger partial charge in [-0.15, -0.1) is 0 Å². The minimum atomic E-state index is -0.507. The molecule has 0 fully saturated rings. The number of fused-ring (bicyclic) bond motifs is 1. The summed E-state index contributed by atoms with van der Waals surface area (Å²) in [6.07, 6.45) is 2.60. The molecule has 4 rings (SSSR count). The van der Waals surface area contributed by atoms with Crippen molar-refractivity contribution in [2.75, 3.05) is 5.32 Å². The van der Waals surface area contributed by atoms with Crippen molar-refractivity contribution in [3.05, 3.63) is 94.0 Å². The number of imidazole rings is 1. The molecule has 1 N–H and O–H groups in total. The number of benzene rings is 2. The van der Waals surface area contributed by atoms with Crippen molar-refractivity contribution in [1.29, 1.82) is 0 Å². The number of rotatable bonds is 3. The first-order valence-electron chi connectivity index (χ1n) is 8.24. The van der Waals surface area contributed by atoms with Crippen molar-refractivity contribution < 1.29 is 13.9 Å². The molecule has 0 aliphatic carbocycles. The van der Waals surface area contributed by atoms with Gasteiger partial charge in [-0.2, -0.15) is 4.57 Å². The van der Waals surface area contributed by atoms with Crippen LogP contribution in [0.3, 0.4) is 0 Å². The van der Waals surface area contributed by atoms with Gasteiger partial charge in [0.05, 0.1) is 11.6 Å². The fourth-order valence-corrected chi connectivity index (χ4v) is 2.98. The topological polar surface area (TPSA) is 91.2 Å². The minimum absolute atomic E-state index is 0.0148. The smallest absolute Gasteiger partial charge is 0.300 e. The van der Waals surface area contributed by atoms with Crippen LogP contribution in [0.1, 0.15) is 16.2 Å². The monoisotopic (exact) mass is 361 g/mol. The van der Waals surface area contributed by atoms with E-state index in [2.05, 4.69) is 5.32 Å². The third-order valence-electron chi connectivity index (χ3n) is 4.31. The van der Waals surface area contributed by atoms with E-state index in [1.54, 1.807) is 54.0 Å². The Kier molecular flexibility index (Phi) is 3.97. The summed E-state index contributed by atoms with van der Waals surface area (Å²) >= 11 is 0. The van der Waals surface area contributed by atoms with Gasteiger partial charge in [0.25, 0.3) is 12.2 Å². The molecule has 4 aromatic rings. The van der Waals surface area contributed by atoms with Gasteiger partial charge in [-0.05, 0) is 24.3 Å². The molecular formula is C20H15N3O4. The van der Waals surface area contributed by atoms with Crippen LogP contribution in [0.2, 0.25) is 0 Å². The van der Waals surface area contributed by atoms with Crippen molar-refractivity contribution in [1.82, 2.24) is 4.57 Å². The van der Waals surface area contributed by atoms with Gasteiger partial charge in [0.1, 0.15) is 11.3 Å². The lowest BCUT2D eigenvalue weighted by Gasteiger charge is -2.05. The van der Waals surface area contributed by atoms with Gasteiger partial charge in [-0.25, -0.2) is 4.73 Å². The Labute approximate surface area is 153 Å². The Bertz CT molecular complexity index is 1210. The van der Waals surface area contributed by atoms with Gasteiger partial charge in [0.15, 0.2) is 11.1 Å². The molecule has 0 spiro atoms. The van der Waals surface area contributed by atoms with E-state index >= 15 is 0 Å². The Morgan fingerprint density at radius 2 is 1.93 bits per heavy atom. The highest BCUT2D eigenvalue weighted by Crippen LogP contribution is 2.19. The summed E-state index contributed by atoms with van der Waals surface area (Å²) in [4.78, 5) is 24.6. The second-order valence-corrected chi connectivity index (χ2v) is 6.03. The molecule has 7 nitrogen and oxygen atoms in total. The van der Waals surface area contributed by atoms with Crippen LogP contribution < -0.4 is 15.5 Å². The number of carbonyl (C=O) groups excluding carboxylic acids is 1. The zero-order valence-electron chi connectivity index (χ0n) is 14.4. The molecule has 1 amide bonds. The number of aromatic nitrogens is 2. The average molecular weight is 361 g/mol. The summed E-state index contributed by atoms with van der Waals surface area (Å²) in [5.74, 6) is -0.507. The van der Waals surface area contributed by atoms with Gasteiger partial charge < -0.3 is 14.9 Å². The van der Waals surface area contributed by atoms with E-state index in [1.165, 1.54) is 18.7 Å². The molecule has 0 radical (unpaired) electrons. The molecule has 0 aliphatic rings. The van der Waals surface area contributed by atoms with Crippen molar-refractivity contribution in [3.63, 3.8) is 0 Å². The Morgan fingerprint density at radius 3 is 2.70 bits per heavy atom. The Morgan fingerprint density at radius 1 is 1.15 bits per heavy atom. The van der Waals surface area contributed by atoms with Crippen LogP contribution in [0, 0.1) is 12.1 Å². The molecule has 2 aromatic carbocycles. The van der Waals surface area contributed by atoms with E-state index in [-0.39, 0.29) is 11.1 Å². The molecule has 7 heteroatoms. The number of nitrogens with one attached hydrogen (secondary N) is 1. The summed E-state index contributed by atoms with van der Waals surface area (Å²) in [7, 11) is 0. The maximum atomic E-state index is 12.6. The van der Waals surface area contributed by atoms with Crippen molar-refractivity contribution >= 4 is 22.6 Å². The number of carbonyl (C=O) groups is 1. The number of nitrogens with zero attached hydrogens (tertiary/aromatic N) is 2. The largest absolute Gasteiger partial charge is 0.710 e. The molecule has 0 bridgehead atoms. The van der Waals surface area contributed by atoms with Crippen LogP contribution in [0.15, 0.2) is 76.4 Å². The average Bonchev–Trinajstić information content (AvgIpc) is 2.97. The Balaban J connectivity index is 1.76. The molecule has 0 saturated heterocycles. The molecule has 0 aliphatic heterocycles. The minimum Gasteiger partial charge on any atom is -0.710 e. The summed E-state index contributed by atoms with van der Waals surface area (Å²) < 4.78 is 7.39. The van der Waals surface area contributed by atoms with Gasteiger partial charge in [0.2, 0.25) is 5.69 Å². The third-order valence-corrected chi connectivity index (χ3v) is 4.31.